The van der Waals surface area contributed by atoms with E-state index in [1.807, 2.05) is 26.0 Å². The van der Waals surface area contributed by atoms with Crippen molar-refractivity contribution in [1.82, 2.24) is 5.32 Å². The highest BCUT2D eigenvalue weighted by atomic mass is 79.9. The van der Waals surface area contributed by atoms with E-state index in [4.69, 9.17) is 16.3 Å². The monoisotopic (exact) mass is 425 g/mol. The standard InChI is InChI=1S/C19H21BrClNO3/c1-11(2)14-6-12(4-5-18(14)23)7-15-16(20)8-13(9-17(15)21)25-10-19(24)22-3/h4-6,8-9,11,23H,7,10H2,1-3H3,(H,22,24). The van der Waals surface area contributed by atoms with Gasteiger partial charge in [0, 0.05) is 23.0 Å². The molecule has 0 aliphatic rings. The predicted molar refractivity (Wildman–Crippen MR) is 104 cm³/mol. The summed E-state index contributed by atoms with van der Waals surface area (Å²) in [6.45, 7) is 4.02. The zero-order chi connectivity index (χ0) is 18.6. The van der Waals surface area contributed by atoms with E-state index in [2.05, 4.69) is 21.2 Å². The molecule has 0 spiro atoms. The fraction of sp³-hybridized carbons (Fsp3) is 0.316. The molecule has 0 bridgehead atoms. The second-order valence-corrected chi connectivity index (χ2v) is 7.31. The molecule has 2 aromatic carbocycles. The normalized spacial score (nSPS) is 10.8. The van der Waals surface area contributed by atoms with Crippen molar-refractivity contribution in [2.45, 2.75) is 26.2 Å². The zero-order valence-electron chi connectivity index (χ0n) is 14.4. The van der Waals surface area contributed by atoms with Crippen molar-refractivity contribution in [1.29, 1.82) is 0 Å². The number of aromatic hydroxyl groups is 1. The molecule has 2 aromatic rings. The van der Waals surface area contributed by atoms with Gasteiger partial charge in [0.2, 0.25) is 0 Å². The average molecular weight is 427 g/mol. The molecule has 6 heteroatoms. The van der Waals surface area contributed by atoms with Gasteiger partial charge in [-0.3, -0.25) is 4.79 Å². The highest BCUT2D eigenvalue weighted by molar-refractivity contribution is 9.10. The lowest BCUT2D eigenvalue weighted by Crippen LogP contribution is -2.24. The molecule has 134 valence electrons. The summed E-state index contributed by atoms with van der Waals surface area (Å²) in [7, 11) is 1.56. The fourth-order valence-electron chi connectivity index (χ4n) is 2.43. The Bertz CT molecular complexity index is 754. The molecule has 2 N–H and O–H groups in total. The van der Waals surface area contributed by atoms with Gasteiger partial charge >= 0.3 is 0 Å². The largest absolute Gasteiger partial charge is 0.508 e. The van der Waals surface area contributed by atoms with Gasteiger partial charge in [0.05, 0.1) is 0 Å². The Balaban J connectivity index is 2.23. The molecular weight excluding hydrogens is 406 g/mol. The van der Waals surface area contributed by atoms with E-state index in [0.29, 0.717) is 22.9 Å². The second-order valence-electron chi connectivity index (χ2n) is 6.05. The van der Waals surface area contributed by atoms with Crippen molar-refractivity contribution in [3.05, 3.63) is 56.5 Å². The third-order valence-electron chi connectivity index (χ3n) is 3.86. The first-order valence-electron chi connectivity index (χ1n) is 7.95. The number of carbonyl (C=O) groups excluding carboxylic acids is 1. The highest BCUT2D eigenvalue weighted by Gasteiger charge is 2.13. The van der Waals surface area contributed by atoms with Crippen LogP contribution in [0.5, 0.6) is 11.5 Å². The van der Waals surface area contributed by atoms with Gasteiger partial charge in [0.15, 0.2) is 6.61 Å². The summed E-state index contributed by atoms with van der Waals surface area (Å²) in [5.74, 6) is 0.862. The van der Waals surface area contributed by atoms with Crippen LogP contribution < -0.4 is 10.1 Å². The van der Waals surface area contributed by atoms with E-state index in [1.54, 1.807) is 25.2 Å². The molecule has 0 atom stereocenters. The van der Waals surface area contributed by atoms with Crippen LogP contribution in [0.4, 0.5) is 0 Å². The third-order valence-corrected chi connectivity index (χ3v) is 4.90. The van der Waals surface area contributed by atoms with E-state index in [9.17, 15) is 9.90 Å². The number of phenols is 1. The summed E-state index contributed by atoms with van der Waals surface area (Å²) in [6, 6.07) is 9.11. The highest BCUT2D eigenvalue weighted by Crippen LogP contribution is 2.34. The second kappa shape index (κ2) is 8.59. The number of nitrogens with one attached hydrogen (secondary N) is 1. The first-order chi connectivity index (χ1) is 11.8. The van der Waals surface area contributed by atoms with Crippen molar-refractivity contribution in [3.63, 3.8) is 0 Å². The van der Waals surface area contributed by atoms with E-state index < -0.39 is 0 Å². The topological polar surface area (TPSA) is 58.6 Å². The van der Waals surface area contributed by atoms with E-state index in [0.717, 1.165) is 21.2 Å². The number of benzene rings is 2. The van der Waals surface area contributed by atoms with Crippen molar-refractivity contribution in [2.24, 2.45) is 0 Å². The van der Waals surface area contributed by atoms with Crippen LogP contribution in [0.15, 0.2) is 34.8 Å². The maximum Gasteiger partial charge on any atom is 0.257 e. The van der Waals surface area contributed by atoms with Crippen LogP contribution in [0.25, 0.3) is 0 Å². The van der Waals surface area contributed by atoms with Crippen molar-refractivity contribution >= 4 is 33.4 Å². The Morgan fingerprint density at radius 1 is 1.32 bits per heavy atom. The molecule has 0 saturated carbocycles. The minimum atomic E-state index is -0.207. The zero-order valence-corrected chi connectivity index (χ0v) is 16.7. The van der Waals surface area contributed by atoms with Gasteiger partial charge in [-0.05, 0) is 40.8 Å². The Morgan fingerprint density at radius 2 is 2.04 bits per heavy atom. The average Bonchev–Trinajstić information content (AvgIpc) is 2.57. The molecular formula is C19H21BrClNO3. The number of rotatable bonds is 6. The summed E-state index contributed by atoms with van der Waals surface area (Å²) in [6.07, 6.45) is 0.620. The molecule has 0 aliphatic carbocycles. The Hall–Kier alpha value is -1.72. The molecule has 0 fully saturated rings. The third kappa shape index (κ3) is 5.13. The molecule has 4 nitrogen and oxygen atoms in total. The lowest BCUT2D eigenvalue weighted by molar-refractivity contribution is -0.122. The molecule has 0 unspecified atom stereocenters. The number of halogens is 2. The number of ether oxygens (including phenoxy) is 1. The van der Waals surface area contributed by atoms with Crippen molar-refractivity contribution < 1.29 is 14.6 Å². The molecule has 2 rings (SSSR count). The molecule has 1 amide bonds. The summed E-state index contributed by atoms with van der Waals surface area (Å²) >= 11 is 9.93. The van der Waals surface area contributed by atoms with Gasteiger partial charge in [0.25, 0.3) is 5.91 Å². The Kier molecular flexibility index (Phi) is 6.73. The molecule has 0 aliphatic heterocycles. The van der Waals surface area contributed by atoms with Crippen LogP contribution in [-0.2, 0) is 11.2 Å². The van der Waals surface area contributed by atoms with Gasteiger partial charge in [-0.15, -0.1) is 0 Å². The van der Waals surface area contributed by atoms with Gasteiger partial charge in [-0.1, -0.05) is 53.5 Å². The minimum absolute atomic E-state index is 0.0612. The van der Waals surface area contributed by atoms with E-state index in [-0.39, 0.29) is 18.4 Å². The molecule has 0 saturated heterocycles. The summed E-state index contributed by atoms with van der Waals surface area (Å²) in [5.41, 5.74) is 2.90. The van der Waals surface area contributed by atoms with Crippen LogP contribution in [0.2, 0.25) is 5.02 Å². The van der Waals surface area contributed by atoms with Crippen molar-refractivity contribution in [3.8, 4) is 11.5 Å². The lowest BCUT2D eigenvalue weighted by atomic mass is 9.96. The molecule has 0 aromatic heterocycles. The van der Waals surface area contributed by atoms with Crippen LogP contribution >= 0.6 is 27.5 Å². The smallest absolute Gasteiger partial charge is 0.257 e. The van der Waals surface area contributed by atoms with E-state index in [1.165, 1.54) is 0 Å². The molecule has 25 heavy (non-hydrogen) atoms. The summed E-state index contributed by atoms with van der Waals surface area (Å²) < 4.78 is 6.24. The van der Waals surface area contributed by atoms with Gasteiger partial charge in [0.1, 0.15) is 11.5 Å². The number of phenolic OH excluding ortho intramolecular Hbond substituents is 1. The predicted octanol–water partition coefficient (Wildman–Crippen LogP) is 4.65. The summed E-state index contributed by atoms with van der Waals surface area (Å²) in [4.78, 5) is 11.3. The quantitative estimate of drug-likeness (QED) is 0.707. The molecule has 0 radical (unpaired) electrons. The Morgan fingerprint density at radius 3 is 2.64 bits per heavy atom. The van der Waals surface area contributed by atoms with Crippen LogP contribution in [0.3, 0.4) is 0 Å². The van der Waals surface area contributed by atoms with Crippen LogP contribution in [0, 0.1) is 0 Å². The minimum Gasteiger partial charge on any atom is -0.508 e. The summed E-state index contributed by atoms with van der Waals surface area (Å²) in [5, 5.41) is 13.0. The number of hydrogen-bond donors (Lipinski definition) is 2. The van der Waals surface area contributed by atoms with Crippen LogP contribution in [0.1, 0.15) is 36.5 Å². The van der Waals surface area contributed by atoms with E-state index >= 15 is 0 Å². The van der Waals surface area contributed by atoms with Gasteiger partial charge in [-0.2, -0.15) is 0 Å². The first kappa shape index (κ1) is 19.6. The van der Waals surface area contributed by atoms with Crippen LogP contribution in [-0.4, -0.2) is 24.7 Å². The number of carbonyl (C=O) groups is 1. The van der Waals surface area contributed by atoms with Gasteiger partial charge < -0.3 is 15.2 Å². The Labute approximate surface area is 161 Å². The first-order valence-corrected chi connectivity index (χ1v) is 9.12. The molecule has 0 heterocycles. The maximum atomic E-state index is 11.3. The lowest BCUT2D eigenvalue weighted by Gasteiger charge is -2.14. The number of hydrogen-bond acceptors (Lipinski definition) is 3. The fourth-order valence-corrected chi connectivity index (χ4v) is 3.40. The number of likely N-dealkylation sites (N-methyl/N-ethyl adjacent to an activating group) is 1. The maximum absolute atomic E-state index is 11.3. The number of amides is 1. The van der Waals surface area contributed by atoms with Gasteiger partial charge in [-0.25, -0.2) is 0 Å². The van der Waals surface area contributed by atoms with Crippen molar-refractivity contribution in [2.75, 3.05) is 13.7 Å². The SMILES string of the molecule is CNC(=O)COc1cc(Cl)c(Cc2ccc(O)c(C(C)C)c2)c(Br)c1.